The number of nitrogens with one attached hydrogen (secondary N) is 1. The van der Waals surface area contributed by atoms with Gasteiger partial charge < -0.3 is 11.1 Å². The fourth-order valence-corrected chi connectivity index (χ4v) is 1.61. The van der Waals surface area contributed by atoms with Gasteiger partial charge in [-0.25, -0.2) is 0 Å². The van der Waals surface area contributed by atoms with Crippen molar-refractivity contribution in [3.63, 3.8) is 0 Å². The highest BCUT2D eigenvalue weighted by molar-refractivity contribution is 9.10. The summed E-state index contributed by atoms with van der Waals surface area (Å²) in [5, 5.41) is 2.84. The molecular formula is C12H17BrN2O. The summed E-state index contributed by atoms with van der Waals surface area (Å²) >= 11 is 3.34. The van der Waals surface area contributed by atoms with E-state index < -0.39 is 0 Å². The first-order valence-electron chi connectivity index (χ1n) is 5.39. The molecule has 1 aromatic rings. The van der Waals surface area contributed by atoms with Crippen molar-refractivity contribution >= 4 is 27.5 Å². The van der Waals surface area contributed by atoms with Crippen molar-refractivity contribution < 1.29 is 4.79 Å². The Hall–Kier alpha value is -0.870. The van der Waals surface area contributed by atoms with Gasteiger partial charge >= 0.3 is 0 Å². The summed E-state index contributed by atoms with van der Waals surface area (Å²) in [7, 11) is 0. The van der Waals surface area contributed by atoms with Crippen molar-refractivity contribution in [2.75, 3.05) is 5.32 Å². The molecule has 0 saturated heterocycles. The Morgan fingerprint density at radius 2 is 2.06 bits per heavy atom. The van der Waals surface area contributed by atoms with E-state index in [1.165, 1.54) is 0 Å². The quantitative estimate of drug-likeness (QED) is 0.874. The molecule has 4 heteroatoms. The second kappa shape index (κ2) is 6.66. The number of amides is 1. The van der Waals surface area contributed by atoms with Crippen molar-refractivity contribution in [1.82, 2.24) is 0 Å². The molecule has 0 aliphatic rings. The van der Waals surface area contributed by atoms with Crippen LogP contribution in [-0.4, -0.2) is 11.9 Å². The number of hydrogen-bond donors (Lipinski definition) is 2. The van der Waals surface area contributed by atoms with Crippen LogP contribution >= 0.6 is 15.9 Å². The van der Waals surface area contributed by atoms with Gasteiger partial charge in [-0.15, -0.1) is 0 Å². The topological polar surface area (TPSA) is 55.1 Å². The molecule has 0 aromatic heterocycles. The first kappa shape index (κ1) is 13.2. The summed E-state index contributed by atoms with van der Waals surface area (Å²) < 4.78 is 1.00. The van der Waals surface area contributed by atoms with E-state index in [0.29, 0.717) is 6.42 Å². The predicted octanol–water partition coefficient (Wildman–Crippen LogP) is 2.91. The zero-order chi connectivity index (χ0) is 12.0. The van der Waals surface area contributed by atoms with E-state index in [4.69, 9.17) is 5.73 Å². The molecule has 0 radical (unpaired) electrons. The number of carbonyl (C=O) groups excluding carboxylic acids is 1. The molecule has 3 N–H and O–H groups in total. The lowest BCUT2D eigenvalue weighted by Gasteiger charge is -2.06. The molecule has 16 heavy (non-hydrogen) atoms. The van der Waals surface area contributed by atoms with Crippen LogP contribution in [0.5, 0.6) is 0 Å². The smallest absolute Gasteiger partial charge is 0.224 e. The van der Waals surface area contributed by atoms with Crippen LogP contribution in [0, 0.1) is 0 Å². The number of carbonyl (C=O) groups is 1. The summed E-state index contributed by atoms with van der Waals surface area (Å²) in [5.41, 5.74) is 6.44. The molecule has 3 nitrogen and oxygen atoms in total. The van der Waals surface area contributed by atoms with Gasteiger partial charge in [0.1, 0.15) is 0 Å². The maximum Gasteiger partial charge on any atom is 0.224 e. The van der Waals surface area contributed by atoms with Crippen LogP contribution in [0.3, 0.4) is 0 Å². The van der Waals surface area contributed by atoms with E-state index in [2.05, 4.69) is 21.2 Å². The SMILES string of the molecule is CC(N)CCCC(=O)Nc1ccc(Br)cc1. The van der Waals surface area contributed by atoms with Gasteiger partial charge in [0.2, 0.25) is 5.91 Å². The van der Waals surface area contributed by atoms with Gasteiger partial charge in [-0.2, -0.15) is 0 Å². The van der Waals surface area contributed by atoms with Gasteiger partial charge in [0.15, 0.2) is 0 Å². The highest BCUT2D eigenvalue weighted by atomic mass is 79.9. The Morgan fingerprint density at radius 1 is 1.44 bits per heavy atom. The van der Waals surface area contributed by atoms with Crippen LogP contribution in [-0.2, 0) is 4.79 Å². The molecule has 88 valence electrons. The summed E-state index contributed by atoms with van der Waals surface area (Å²) in [4.78, 5) is 11.5. The third kappa shape index (κ3) is 5.28. The summed E-state index contributed by atoms with van der Waals surface area (Å²) in [6.45, 7) is 1.95. The third-order valence-corrected chi connectivity index (χ3v) is 2.72. The third-order valence-electron chi connectivity index (χ3n) is 2.19. The average molecular weight is 285 g/mol. The minimum atomic E-state index is 0.0444. The number of anilines is 1. The molecule has 0 bridgehead atoms. The van der Waals surface area contributed by atoms with E-state index in [1.807, 2.05) is 31.2 Å². The molecular weight excluding hydrogens is 268 g/mol. The molecule has 1 rings (SSSR count). The van der Waals surface area contributed by atoms with E-state index in [-0.39, 0.29) is 11.9 Å². The maximum atomic E-state index is 11.5. The zero-order valence-electron chi connectivity index (χ0n) is 9.37. The highest BCUT2D eigenvalue weighted by Crippen LogP contribution is 2.14. The number of benzene rings is 1. The van der Waals surface area contributed by atoms with Crippen molar-refractivity contribution in [2.24, 2.45) is 5.73 Å². The van der Waals surface area contributed by atoms with Gasteiger partial charge in [-0.3, -0.25) is 4.79 Å². The van der Waals surface area contributed by atoms with Crippen LogP contribution in [0.25, 0.3) is 0 Å². The minimum Gasteiger partial charge on any atom is -0.328 e. The van der Waals surface area contributed by atoms with Gasteiger partial charge in [0.05, 0.1) is 0 Å². The summed E-state index contributed by atoms with van der Waals surface area (Å²) in [6, 6.07) is 7.71. The van der Waals surface area contributed by atoms with Crippen LogP contribution < -0.4 is 11.1 Å². The number of rotatable bonds is 5. The van der Waals surface area contributed by atoms with E-state index >= 15 is 0 Å². The lowest BCUT2D eigenvalue weighted by atomic mass is 10.1. The van der Waals surface area contributed by atoms with Gasteiger partial charge in [-0.05, 0) is 44.0 Å². The lowest BCUT2D eigenvalue weighted by Crippen LogP contribution is -2.16. The second-order valence-corrected chi connectivity index (χ2v) is 4.84. The second-order valence-electron chi connectivity index (χ2n) is 3.92. The normalized spacial score (nSPS) is 12.2. The van der Waals surface area contributed by atoms with E-state index in [1.54, 1.807) is 0 Å². The Kier molecular flexibility index (Phi) is 5.49. The van der Waals surface area contributed by atoms with Crippen molar-refractivity contribution in [2.45, 2.75) is 32.2 Å². The van der Waals surface area contributed by atoms with Crippen LogP contribution in [0.15, 0.2) is 28.7 Å². The number of hydrogen-bond acceptors (Lipinski definition) is 2. The molecule has 1 atom stereocenters. The predicted molar refractivity (Wildman–Crippen MR) is 70.3 cm³/mol. The molecule has 0 aliphatic heterocycles. The number of halogens is 1. The van der Waals surface area contributed by atoms with Crippen LogP contribution in [0.2, 0.25) is 0 Å². The van der Waals surface area contributed by atoms with Gasteiger partial charge in [-0.1, -0.05) is 15.9 Å². The lowest BCUT2D eigenvalue weighted by molar-refractivity contribution is -0.116. The Balaban J connectivity index is 2.31. The zero-order valence-corrected chi connectivity index (χ0v) is 11.0. The minimum absolute atomic E-state index is 0.0444. The molecule has 0 saturated carbocycles. The Labute approximate surface area is 105 Å². The molecule has 0 aliphatic carbocycles. The van der Waals surface area contributed by atoms with Crippen LogP contribution in [0.4, 0.5) is 5.69 Å². The maximum absolute atomic E-state index is 11.5. The van der Waals surface area contributed by atoms with Crippen molar-refractivity contribution in [3.05, 3.63) is 28.7 Å². The fraction of sp³-hybridized carbons (Fsp3) is 0.417. The first-order chi connectivity index (χ1) is 7.58. The number of nitrogens with two attached hydrogens (primary N) is 1. The monoisotopic (exact) mass is 284 g/mol. The Bertz CT molecular complexity index is 335. The molecule has 1 aromatic carbocycles. The average Bonchev–Trinajstić information content (AvgIpc) is 2.21. The summed E-state index contributed by atoms with van der Waals surface area (Å²) in [5.74, 6) is 0.0444. The largest absolute Gasteiger partial charge is 0.328 e. The molecule has 0 heterocycles. The fourth-order valence-electron chi connectivity index (χ4n) is 1.34. The van der Waals surface area contributed by atoms with Gasteiger partial charge in [0, 0.05) is 22.6 Å². The van der Waals surface area contributed by atoms with E-state index in [0.717, 1.165) is 23.0 Å². The van der Waals surface area contributed by atoms with Crippen molar-refractivity contribution in [1.29, 1.82) is 0 Å². The molecule has 0 fully saturated rings. The Morgan fingerprint density at radius 3 is 2.62 bits per heavy atom. The van der Waals surface area contributed by atoms with Crippen molar-refractivity contribution in [3.8, 4) is 0 Å². The standard InChI is InChI=1S/C12H17BrN2O/c1-9(14)3-2-4-12(16)15-11-7-5-10(13)6-8-11/h5-9H,2-4,14H2,1H3,(H,15,16). The molecule has 1 unspecified atom stereocenters. The molecule has 1 amide bonds. The molecule has 0 spiro atoms. The highest BCUT2D eigenvalue weighted by Gasteiger charge is 2.03. The summed E-state index contributed by atoms with van der Waals surface area (Å²) in [6.07, 6.45) is 2.24. The first-order valence-corrected chi connectivity index (χ1v) is 6.18. The van der Waals surface area contributed by atoms with E-state index in [9.17, 15) is 4.79 Å². The van der Waals surface area contributed by atoms with Crippen LogP contribution in [0.1, 0.15) is 26.2 Å². The van der Waals surface area contributed by atoms with Gasteiger partial charge in [0.25, 0.3) is 0 Å².